The Morgan fingerprint density at radius 3 is 1.85 bits per heavy atom. The minimum absolute atomic E-state index is 0.0792. The number of benzene rings is 2. The highest BCUT2D eigenvalue weighted by Crippen LogP contribution is 2.51. The highest BCUT2D eigenvalue weighted by atomic mass is 32.2. The molecule has 0 spiro atoms. The van der Waals surface area contributed by atoms with Gasteiger partial charge in [-0.1, -0.05) is 24.3 Å². The van der Waals surface area contributed by atoms with Crippen molar-refractivity contribution < 1.29 is 17.5 Å². The SMILES string of the molecule is CCOP1(=O)c2ccccc2S(=O)(=O)c2ccccc21. The van der Waals surface area contributed by atoms with E-state index >= 15 is 0 Å². The second-order valence-electron chi connectivity index (χ2n) is 4.41. The summed E-state index contributed by atoms with van der Waals surface area (Å²) in [5.41, 5.74) is 0. The molecule has 0 saturated heterocycles. The Hall–Kier alpha value is -1.42. The number of hydrogen-bond donors (Lipinski definition) is 0. The molecular formula is C14H13O4PS. The second kappa shape index (κ2) is 4.55. The van der Waals surface area contributed by atoms with E-state index in [2.05, 4.69) is 0 Å². The van der Waals surface area contributed by atoms with E-state index in [1.807, 2.05) is 0 Å². The first kappa shape index (κ1) is 13.6. The predicted molar refractivity (Wildman–Crippen MR) is 76.8 cm³/mol. The average Bonchev–Trinajstić information content (AvgIpc) is 2.46. The molecule has 0 fully saturated rings. The maximum Gasteiger partial charge on any atom is 0.263 e. The lowest BCUT2D eigenvalue weighted by atomic mass is 10.3. The van der Waals surface area contributed by atoms with Gasteiger partial charge >= 0.3 is 0 Å². The van der Waals surface area contributed by atoms with Gasteiger partial charge in [0.15, 0.2) is 0 Å². The Balaban J connectivity index is 2.46. The summed E-state index contributed by atoms with van der Waals surface area (Å²) in [6.07, 6.45) is 0. The fourth-order valence-corrected chi connectivity index (χ4v) is 7.50. The third kappa shape index (κ3) is 1.71. The summed E-state index contributed by atoms with van der Waals surface area (Å²) in [5.74, 6) is 0. The Morgan fingerprint density at radius 2 is 1.40 bits per heavy atom. The van der Waals surface area contributed by atoms with Crippen molar-refractivity contribution in [3.63, 3.8) is 0 Å². The third-order valence-electron chi connectivity index (χ3n) is 3.25. The molecule has 0 radical (unpaired) electrons. The van der Waals surface area contributed by atoms with E-state index in [0.717, 1.165) is 0 Å². The molecule has 20 heavy (non-hydrogen) atoms. The van der Waals surface area contributed by atoms with Crippen molar-refractivity contribution in [3.05, 3.63) is 48.5 Å². The Labute approximate surface area is 117 Å². The van der Waals surface area contributed by atoms with Crippen LogP contribution in [0.25, 0.3) is 0 Å². The van der Waals surface area contributed by atoms with Gasteiger partial charge in [-0.05, 0) is 31.2 Å². The van der Waals surface area contributed by atoms with E-state index in [1.54, 1.807) is 43.3 Å². The highest BCUT2D eigenvalue weighted by molar-refractivity contribution is 7.94. The van der Waals surface area contributed by atoms with Gasteiger partial charge in [-0.15, -0.1) is 0 Å². The van der Waals surface area contributed by atoms with Gasteiger partial charge in [-0.2, -0.15) is 0 Å². The smallest absolute Gasteiger partial charge is 0.263 e. The van der Waals surface area contributed by atoms with Crippen LogP contribution in [0, 0.1) is 0 Å². The van der Waals surface area contributed by atoms with Crippen molar-refractivity contribution in [1.29, 1.82) is 0 Å². The molecule has 3 rings (SSSR count). The molecule has 1 aliphatic rings. The fourth-order valence-electron chi connectivity index (χ4n) is 2.42. The van der Waals surface area contributed by atoms with E-state index in [1.165, 1.54) is 12.1 Å². The van der Waals surface area contributed by atoms with Crippen molar-refractivity contribution in [3.8, 4) is 0 Å². The zero-order valence-electron chi connectivity index (χ0n) is 10.8. The summed E-state index contributed by atoms with van der Waals surface area (Å²) in [6, 6.07) is 12.7. The molecule has 0 aliphatic carbocycles. The lowest BCUT2D eigenvalue weighted by Gasteiger charge is -2.27. The van der Waals surface area contributed by atoms with Crippen LogP contribution >= 0.6 is 7.37 Å². The summed E-state index contributed by atoms with van der Waals surface area (Å²) in [5, 5.41) is 0.529. The molecule has 0 bridgehead atoms. The summed E-state index contributed by atoms with van der Waals surface area (Å²) in [7, 11) is -7.00. The van der Waals surface area contributed by atoms with Crippen LogP contribution in [0.15, 0.2) is 58.3 Å². The van der Waals surface area contributed by atoms with Crippen LogP contribution in [0.5, 0.6) is 0 Å². The number of hydrogen-bond acceptors (Lipinski definition) is 4. The van der Waals surface area contributed by atoms with Crippen LogP contribution in [-0.2, 0) is 18.9 Å². The summed E-state index contributed by atoms with van der Waals surface area (Å²) in [6.45, 7) is 1.99. The molecule has 1 aliphatic heterocycles. The van der Waals surface area contributed by atoms with Crippen LogP contribution in [0.2, 0.25) is 0 Å². The molecule has 1 heterocycles. The lowest BCUT2D eigenvalue weighted by molar-refractivity contribution is 0.347. The quantitative estimate of drug-likeness (QED) is 0.797. The van der Waals surface area contributed by atoms with Gasteiger partial charge in [0.1, 0.15) is 0 Å². The van der Waals surface area contributed by atoms with Gasteiger partial charge in [0.05, 0.1) is 27.0 Å². The molecule has 0 N–H and O–H groups in total. The zero-order chi connectivity index (χ0) is 14.4. The van der Waals surface area contributed by atoms with Gasteiger partial charge in [-0.3, -0.25) is 4.57 Å². The molecule has 0 unspecified atom stereocenters. The molecule has 2 aromatic rings. The fraction of sp³-hybridized carbons (Fsp3) is 0.143. The van der Waals surface area contributed by atoms with Crippen molar-refractivity contribution in [2.45, 2.75) is 16.7 Å². The van der Waals surface area contributed by atoms with Crippen molar-refractivity contribution >= 4 is 27.8 Å². The minimum Gasteiger partial charge on any atom is -0.322 e. The molecule has 0 atom stereocenters. The van der Waals surface area contributed by atoms with Crippen molar-refractivity contribution in [1.82, 2.24) is 0 Å². The number of rotatable bonds is 2. The number of sulfone groups is 1. The van der Waals surface area contributed by atoms with Crippen LogP contribution in [0.4, 0.5) is 0 Å². The van der Waals surface area contributed by atoms with Gasteiger partial charge in [-0.25, -0.2) is 8.42 Å². The monoisotopic (exact) mass is 308 g/mol. The summed E-state index contributed by atoms with van der Waals surface area (Å²) in [4.78, 5) is 0.158. The molecule has 6 heteroatoms. The maximum atomic E-state index is 13.3. The average molecular weight is 308 g/mol. The Kier molecular flexibility index (Phi) is 3.09. The minimum atomic E-state index is -3.64. The first-order chi connectivity index (χ1) is 9.52. The van der Waals surface area contributed by atoms with E-state index in [-0.39, 0.29) is 27.0 Å². The standard InChI is InChI=1S/C14H13O4PS/c1-2-18-19(15)11-7-3-5-9-13(11)20(16,17)14-10-6-4-8-12(14)19/h3-10H,2H2,1H3. The van der Waals surface area contributed by atoms with Crippen LogP contribution < -0.4 is 10.6 Å². The Morgan fingerprint density at radius 1 is 0.950 bits per heavy atom. The van der Waals surface area contributed by atoms with Gasteiger partial charge in [0, 0.05) is 0 Å². The van der Waals surface area contributed by atoms with Crippen LogP contribution in [0.1, 0.15) is 6.92 Å². The molecule has 0 aromatic heterocycles. The first-order valence-electron chi connectivity index (χ1n) is 6.20. The summed E-state index contributed by atoms with van der Waals surface area (Å²) < 4.78 is 44.0. The van der Waals surface area contributed by atoms with Crippen molar-refractivity contribution in [2.75, 3.05) is 6.61 Å². The normalized spacial score (nSPS) is 18.1. The van der Waals surface area contributed by atoms with Gasteiger partial charge in [0.2, 0.25) is 9.84 Å². The Bertz CT molecular complexity index is 769. The first-order valence-corrected chi connectivity index (χ1v) is 9.31. The topological polar surface area (TPSA) is 60.4 Å². The second-order valence-corrected chi connectivity index (χ2v) is 8.62. The van der Waals surface area contributed by atoms with E-state index < -0.39 is 17.2 Å². The molecule has 2 aromatic carbocycles. The van der Waals surface area contributed by atoms with Crippen LogP contribution in [0.3, 0.4) is 0 Å². The molecule has 4 nitrogen and oxygen atoms in total. The van der Waals surface area contributed by atoms with E-state index in [0.29, 0.717) is 0 Å². The lowest BCUT2D eigenvalue weighted by Crippen LogP contribution is -2.32. The van der Waals surface area contributed by atoms with E-state index in [4.69, 9.17) is 4.52 Å². The molecule has 104 valence electrons. The molecule has 0 amide bonds. The van der Waals surface area contributed by atoms with E-state index in [9.17, 15) is 13.0 Å². The summed E-state index contributed by atoms with van der Waals surface area (Å²) >= 11 is 0. The molecular weight excluding hydrogens is 295 g/mol. The highest BCUT2D eigenvalue weighted by Gasteiger charge is 2.43. The third-order valence-corrected chi connectivity index (χ3v) is 8.10. The van der Waals surface area contributed by atoms with Crippen LogP contribution in [-0.4, -0.2) is 15.0 Å². The predicted octanol–water partition coefficient (Wildman–Crippen LogP) is 2.10. The van der Waals surface area contributed by atoms with Gasteiger partial charge < -0.3 is 4.52 Å². The van der Waals surface area contributed by atoms with Crippen molar-refractivity contribution in [2.24, 2.45) is 0 Å². The van der Waals surface area contributed by atoms with Gasteiger partial charge in [0.25, 0.3) is 7.37 Å². The zero-order valence-corrected chi connectivity index (χ0v) is 12.5. The maximum absolute atomic E-state index is 13.3. The largest absolute Gasteiger partial charge is 0.322 e. The molecule has 0 saturated carbocycles. The number of fused-ring (bicyclic) bond motifs is 2.